The molecule has 0 bridgehead atoms. The van der Waals surface area contributed by atoms with Crippen molar-refractivity contribution in [1.29, 1.82) is 0 Å². The molecule has 7 unspecified atom stereocenters. The van der Waals surface area contributed by atoms with Crippen LogP contribution in [0, 0.1) is 0 Å². The Morgan fingerprint density at radius 1 is 0.579 bits per heavy atom. The summed E-state index contributed by atoms with van der Waals surface area (Å²) in [5.74, 6) is -0.192. The topological polar surface area (TPSA) is 149 Å². The highest BCUT2D eigenvalue weighted by Gasteiger charge is 2.44. The molecule has 0 aliphatic carbocycles. The van der Waals surface area contributed by atoms with Gasteiger partial charge in [-0.3, -0.25) is 4.79 Å². The molecule has 1 rings (SSSR count). The monoisotopic (exact) mass is 810 g/mol. The molecular formula is C48H91NO8. The van der Waals surface area contributed by atoms with E-state index >= 15 is 0 Å². The van der Waals surface area contributed by atoms with Gasteiger partial charge in [-0.1, -0.05) is 192 Å². The van der Waals surface area contributed by atoms with E-state index in [4.69, 9.17) is 9.47 Å². The van der Waals surface area contributed by atoms with Crippen molar-refractivity contribution in [2.24, 2.45) is 0 Å². The second-order valence-corrected chi connectivity index (χ2v) is 16.9. The third-order valence-electron chi connectivity index (χ3n) is 11.5. The van der Waals surface area contributed by atoms with Crippen molar-refractivity contribution in [2.45, 2.75) is 262 Å². The van der Waals surface area contributed by atoms with Crippen molar-refractivity contribution in [3.8, 4) is 0 Å². The Hall–Kier alpha value is -1.33. The second-order valence-electron chi connectivity index (χ2n) is 16.9. The summed E-state index contributed by atoms with van der Waals surface area (Å²) in [5, 5.41) is 54.2. The highest BCUT2D eigenvalue weighted by molar-refractivity contribution is 5.76. The summed E-state index contributed by atoms with van der Waals surface area (Å²) in [4.78, 5) is 12.9. The van der Waals surface area contributed by atoms with Gasteiger partial charge in [0.05, 0.1) is 25.4 Å². The van der Waals surface area contributed by atoms with Gasteiger partial charge >= 0.3 is 0 Å². The van der Waals surface area contributed by atoms with Gasteiger partial charge < -0.3 is 40.3 Å². The van der Waals surface area contributed by atoms with E-state index in [9.17, 15) is 30.3 Å². The van der Waals surface area contributed by atoms with E-state index in [0.29, 0.717) is 6.42 Å². The predicted octanol–water partition coefficient (Wildman–Crippen LogP) is 10.3. The number of hydrogen-bond acceptors (Lipinski definition) is 8. The maximum Gasteiger partial charge on any atom is 0.220 e. The lowest BCUT2D eigenvalue weighted by molar-refractivity contribution is -0.302. The smallest absolute Gasteiger partial charge is 0.220 e. The highest BCUT2D eigenvalue weighted by atomic mass is 16.7. The number of unbranched alkanes of at least 4 members (excludes halogenated alkanes) is 28. The van der Waals surface area contributed by atoms with E-state index in [-0.39, 0.29) is 12.5 Å². The van der Waals surface area contributed by atoms with E-state index in [1.165, 1.54) is 148 Å². The molecule has 1 heterocycles. The Morgan fingerprint density at radius 2 is 0.982 bits per heavy atom. The molecule has 336 valence electrons. The Morgan fingerprint density at radius 3 is 1.42 bits per heavy atom. The molecule has 9 heteroatoms. The molecule has 7 atom stereocenters. The van der Waals surface area contributed by atoms with Crippen LogP contribution in [0.5, 0.6) is 0 Å². The number of amides is 1. The normalized spacial score (nSPS) is 21.1. The van der Waals surface area contributed by atoms with E-state index in [1.54, 1.807) is 6.08 Å². The highest BCUT2D eigenvalue weighted by Crippen LogP contribution is 2.23. The van der Waals surface area contributed by atoms with Crippen molar-refractivity contribution in [3.05, 3.63) is 24.3 Å². The first-order chi connectivity index (χ1) is 27.8. The van der Waals surface area contributed by atoms with Crippen molar-refractivity contribution >= 4 is 5.91 Å². The van der Waals surface area contributed by atoms with Gasteiger partial charge in [-0.25, -0.2) is 0 Å². The summed E-state index contributed by atoms with van der Waals surface area (Å²) in [6, 6.07) is -0.809. The van der Waals surface area contributed by atoms with Gasteiger partial charge in [0.2, 0.25) is 5.91 Å². The molecule has 0 spiro atoms. The van der Waals surface area contributed by atoms with Crippen LogP contribution in [-0.4, -0.2) is 87.5 Å². The van der Waals surface area contributed by atoms with Gasteiger partial charge in [-0.15, -0.1) is 0 Å². The molecule has 57 heavy (non-hydrogen) atoms. The predicted molar refractivity (Wildman–Crippen MR) is 235 cm³/mol. The van der Waals surface area contributed by atoms with Crippen LogP contribution in [0.25, 0.3) is 0 Å². The number of nitrogens with one attached hydrogen (secondary N) is 1. The molecule has 9 nitrogen and oxygen atoms in total. The lowest BCUT2D eigenvalue weighted by Crippen LogP contribution is -2.60. The maximum absolute atomic E-state index is 12.9. The van der Waals surface area contributed by atoms with Crippen molar-refractivity contribution in [1.82, 2.24) is 5.32 Å². The lowest BCUT2D eigenvalue weighted by Gasteiger charge is -2.40. The van der Waals surface area contributed by atoms with Crippen molar-refractivity contribution < 1.29 is 39.8 Å². The fourth-order valence-electron chi connectivity index (χ4n) is 7.62. The van der Waals surface area contributed by atoms with Crippen molar-refractivity contribution in [3.63, 3.8) is 0 Å². The molecule has 0 aromatic rings. The Labute approximate surface area is 349 Å². The molecule has 6 N–H and O–H groups in total. The van der Waals surface area contributed by atoms with E-state index in [0.717, 1.165) is 51.4 Å². The van der Waals surface area contributed by atoms with Gasteiger partial charge in [0.1, 0.15) is 24.4 Å². The van der Waals surface area contributed by atoms with Gasteiger partial charge in [-0.05, 0) is 44.9 Å². The van der Waals surface area contributed by atoms with Crippen LogP contribution in [0.2, 0.25) is 0 Å². The number of carbonyl (C=O) groups is 1. The Kier molecular flexibility index (Phi) is 36.6. The maximum atomic E-state index is 12.9. The SMILES string of the molecule is CCCCCCCC/C=C\CCCCCC(=O)NC(COC1OC(CO)C(O)C(O)C1O)C(O)/C=C/CCCCCCCCCCCCCCCCCCCCC. The van der Waals surface area contributed by atoms with Crippen LogP contribution in [0.1, 0.15) is 219 Å². The number of rotatable bonds is 40. The minimum Gasteiger partial charge on any atom is -0.394 e. The van der Waals surface area contributed by atoms with Gasteiger partial charge in [0.15, 0.2) is 6.29 Å². The number of ether oxygens (including phenoxy) is 2. The first kappa shape index (κ1) is 53.7. The summed E-state index contributed by atoms with van der Waals surface area (Å²) in [7, 11) is 0. The molecule has 1 aliphatic heterocycles. The molecule has 0 aromatic heterocycles. The number of aliphatic hydroxyl groups excluding tert-OH is 5. The summed E-state index contributed by atoms with van der Waals surface area (Å²) < 4.78 is 11.2. The molecule has 0 saturated carbocycles. The fourth-order valence-corrected chi connectivity index (χ4v) is 7.62. The average Bonchev–Trinajstić information content (AvgIpc) is 3.21. The van der Waals surface area contributed by atoms with Crippen LogP contribution < -0.4 is 5.32 Å². The second kappa shape index (κ2) is 38.8. The third kappa shape index (κ3) is 29.5. The fraction of sp³-hybridized carbons (Fsp3) is 0.896. The minimum atomic E-state index is -1.57. The quantitative estimate of drug-likeness (QED) is 0.0265. The largest absolute Gasteiger partial charge is 0.394 e. The molecule has 1 aliphatic rings. The van der Waals surface area contributed by atoms with Gasteiger partial charge in [0, 0.05) is 6.42 Å². The summed E-state index contributed by atoms with van der Waals surface area (Å²) in [6.07, 6.45) is 39.4. The van der Waals surface area contributed by atoms with Crippen molar-refractivity contribution in [2.75, 3.05) is 13.2 Å². The molecular weight excluding hydrogens is 719 g/mol. The zero-order chi connectivity index (χ0) is 41.6. The molecule has 0 radical (unpaired) electrons. The Bertz CT molecular complexity index is 945. The summed E-state index contributed by atoms with van der Waals surface area (Å²) >= 11 is 0. The van der Waals surface area contributed by atoms with Gasteiger partial charge in [0.25, 0.3) is 0 Å². The summed E-state index contributed by atoms with van der Waals surface area (Å²) in [5.41, 5.74) is 0. The van der Waals surface area contributed by atoms with Crippen LogP contribution in [0.4, 0.5) is 0 Å². The zero-order valence-electron chi connectivity index (χ0n) is 36.9. The molecule has 1 amide bonds. The first-order valence-corrected chi connectivity index (χ1v) is 24.1. The van der Waals surface area contributed by atoms with E-state index in [1.807, 2.05) is 6.08 Å². The molecule has 1 saturated heterocycles. The standard InChI is InChI=1S/C48H91NO8/c1-3-5-7-9-11-13-15-17-18-19-20-21-22-23-24-26-27-29-31-33-35-37-42(51)41(40-56-48-47(55)46(54)45(53)43(39-50)57-48)49-44(52)38-36-34-32-30-28-25-16-14-12-10-8-6-4-2/h25,28,35,37,41-43,45-48,50-51,53-55H,3-24,26-27,29-34,36,38-40H2,1-2H3,(H,49,52)/b28-25-,37-35+. The van der Waals surface area contributed by atoms with Crippen LogP contribution in [0.15, 0.2) is 24.3 Å². The first-order valence-electron chi connectivity index (χ1n) is 24.1. The van der Waals surface area contributed by atoms with Crippen LogP contribution in [0.3, 0.4) is 0 Å². The zero-order valence-corrected chi connectivity index (χ0v) is 36.9. The number of carbonyl (C=O) groups excluding carboxylic acids is 1. The average molecular weight is 810 g/mol. The Balaban J connectivity index is 2.32. The molecule has 0 aromatic carbocycles. The number of allylic oxidation sites excluding steroid dienone is 3. The number of hydrogen-bond donors (Lipinski definition) is 6. The van der Waals surface area contributed by atoms with E-state index < -0.39 is 49.5 Å². The third-order valence-corrected chi connectivity index (χ3v) is 11.5. The summed E-state index contributed by atoms with van der Waals surface area (Å²) in [6.45, 7) is 3.76. The van der Waals surface area contributed by atoms with E-state index in [2.05, 4.69) is 31.3 Å². The van der Waals surface area contributed by atoms with Crippen LogP contribution in [-0.2, 0) is 14.3 Å². The minimum absolute atomic E-state index is 0.192. The van der Waals surface area contributed by atoms with Crippen LogP contribution >= 0.6 is 0 Å². The van der Waals surface area contributed by atoms with Gasteiger partial charge in [-0.2, -0.15) is 0 Å². The lowest BCUT2D eigenvalue weighted by atomic mass is 9.99. The number of aliphatic hydroxyl groups is 5. The molecule has 1 fully saturated rings.